The first-order chi connectivity index (χ1) is 15.5. The number of hydrogen-bond donors (Lipinski definition) is 3. The molecular formula is C24H28N6O2. The van der Waals surface area contributed by atoms with E-state index in [-0.39, 0.29) is 11.9 Å². The molecule has 0 radical (unpaired) electrons. The Labute approximate surface area is 186 Å². The van der Waals surface area contributed by atoms with E-state index < -0.39 is 0 Å². The van der Waals surface area contributed by atoms with Gasteiger partial charge < -0.3 is 19.9 Å². The molecule has 0 spiro atoms. The molecule has 8 nitrogen and oxygen atoms in total. The lowest BCUT2D eigenvalue weighted by Gasteiger charge is -2.32. The van der Waals surface area contributed by atoms with Gasteiger partial charge >= 0.3 is 0 Å². The second-order valence-corrected chi connectivity index (χ2v) is 8.59. The first-order valence-corrected chi connectivity index (χ1v) is 11.0. The minimum absolute atomic E-state index is 0.0404. The normalized spacial score (nSPS) is 19.1. The van der Waals surface area contributed by atoms with Crippen molar-refractivity contribution in [3.63, 3.8) is 0 Å². The third-order valence-electron chi connectivity index (χ3n) is 6.39. The lowest BCUT2D eigenvalue weighted by molar-refractivity contribution is -0.128. The number of H-pyrrole nitrogens is 1. The molecule has 0 saturated carbocycles. The molecule has 0 bridgehead atoms. The maximum absolute atomic E-state index is 12.1. The number of nitrogens with zero attached hydrogens (tertiary/aromatic N) is 3. The van der Waals surface area contributed by atoms with Crippen molar-refractivity contribution >= 4 is 22.5 Å². The van der Waals surface area contributed by atoms with Crippen molar-refractivity contribution in [2.45, 2.75) is 25.8 Å². The summed E-state index contributed by atoms with van der Waals surface area (Å²) < 4.78 is 7.31. The number of aromatic amines is 1. The predicted molar refractivity (Wildman–Crippen MR) is 124 cm³/mol. The van der Waals surface area contributed by atoms with Crippen LogP contribution < -0.4 is 5.32 Å². The minimum atomic E-state index is 0.0404. The summed E-state index contributed by atoms with van der Waals surface area (Å²) in [5.41, 5.74) is 6.36. The Morgan fingerprint density at radius 3 is 2.94 bits per heavy atom. The molecule has 1 unspecified atom stereocenters. The fraction of sp³-hybridized carbons (Fsp3) is 0.375. The van der Waals surface area contributed by atoms with Crippen molar-refractivity contribution in [1.29, 1.82) is 5.41 Å². The molecule has 1 saturated heterocycles. The molecule has 1 amide bonds. The number of aromatic nitrogens is 3. The quantitative estimate of drug-likeness (QED) is 0.540. The van der Waals surface area contributed by atoms with E-state index in [0.29, 0.717) is 25.4 Å². The summed E-state index contributed by atoms with van der Waals surface area (Å²) in [6, 6.07) is 6.48. The number of carbonyl (C=O) groups is 1. The summed E-state index contributed by atoms with van der Waals surface area (Å²) in [4.78, 5) is 17.2. The highest BCUT2D eigenvalue weighted by Gasteiger charge is 2.27. The third-order valence-corrected chi connectivity index (χ3v) is 6.39. The van der Waals surface area contributed by atoms with E-state index in [1.165, 1.54) is 0 Å². The molecule has 2 aliphatic heterocycles. The van der Waals surface area contributed by atoms with E-state index in [9.17, 15) is 4.79 Å². The minimum Gasteiger partial charge on any atom is -0.383 e. The molecule has 8 heteroatoms. The zero-order chi connectivity index (χ0) is 22.2. The Morgan fingerprint density at radius 2 is 2.22 bits per heavy atom. The van der Waals surface area contributed by atoms with Crippen molar-refractivity contribution in [2.24, 2.45) is 7.05 Å². The fourth-order valence-electron chi connectivity index (χ4n) is 4.56. The zero-order valence-electron chi connectivity index (χ0n) is 18.4. The number of hydrogen-bond acceptors (Lipinski definition) is 5. The predicted octanol–water partition coefficient (Wildman–Crippen LogP) is 2.82. The van der Waals surface area contributed by atoms with Crippen molar-refractivity contribution < 1.29 is 9.53 Å². The monoisotopic (exact) mass is 432 g/mol. The van der Waals surface area contributed by atoms with Gasteiger partial charge in [0.25, 0.3) is 0 Å². The van der Waals surface area contributed by atoms with Crippen LogP contribution in [0.15, 0.2) is 48.1 Å². The van der Waals surface area contributed by atoms with Crippen LogP contribution in [0.3, 0.4) is 0 Å². The topological polar surface area (TPSA) is 99.0 Å². The Balaban J connectivity index is 1.49. The molecule has 3 N–H and O–H groups in total. The van der Waals surface area contributed by atoms with E-state index in [1.807, 2.05) is 30.5 Å². The summed E-state index contributed by atoms with van der Waals surface area (Å²) in [5.74, 6) is 0.0404. The molecule has 32 heavy (non-hydrogen) atoms. The van der Waals surface area contributed by atoms with Crippen LogP contribution in [0.1, 0.15) is 25.3 Å². The summed E-state index contributed by atoms with van der Waals surface area (Å²) in [7, 11) is 1.90. The number of ether oxygens (including phenoxy) is 1. The van der Waals surface area contributed by atoms with Crippen LogP contribution in [0.2, 0.25) is 0 Å². The second kappa shape index (κ2) is 8.27. The Hall–Kier alpha value is -3.39. The van der Waals surface area contributed by atoms with Crippen molar-refractivity contribution in [3.05, 3.63) is 53.6 Å². The van der Waals surface area contributed by atoms with Crippen LogP contribution in [0.25, 0.3) is 22.0 Å². The summed E-state index contributed by atoms with van der Waals surface area (Å²) in [6.45, 7) is 4.16. The van der Waals surface area contributed by atoms with E-state index >= 15 is 0 Å². The lowest BCUT2D eigenvalue weighted by Crippen LogP contribution is -2.42. The Morgan fingerprint density at radius 1 is 1.34 bits per heavy atom. The van der Waals surface area contributed by atoms with Crippen LogP contribution in [0.5, 0.6) is 0 Å². The van der Waals surface area contributed by atoms with Gasteiger partial charge in [-0.3, -0.25) is 14.9 Å². The number of benzene rings is 1. The van der Waals surface area contributed by atoms with Crippen LogP contribution in [-0.4, -0.2) is 63.6 Å². The molecule has 5 rings (SSSR count). The van der Waals surface area contributed by atoms with Crippen LogP contribution in [0.4, 0.5) is 0 Å². The van der Waals surface area contributed by atoms with Gasteiger partial charge in [-0.1, -0.05) is 12.1 Å². The number of amides is 1. The van der Waals surface area contributed by atoms with Gasteiger partial charge in [0.05, 0.1) is 24.6 Å². The molecular weight excluding hydrogens is 404 g/mol. The molecule has 2 aliphatic rings. The van der Waals surface area contributed by atoms with Gasteiger partial charge in [0, 0.05) is 85.8 Å². The first kappa shape index (κ1) is 20.5. The zero-order valence-corrected chi connectivity index (χ0v) is 18.4. The molecule has 1 atom stereocenters. The molecule has 1 aromatic carbocycles. The van der Waals surface area contributed by atoms with E-state index in [4.69, 9.17) is 10.1 Å². The number of nitrogens with one attached hydrogen (secondary N) is 3. The Bertz CT molecular complexity index is 1210. The van der Waals surface area contributed by atoms with Gasteiger partial charge in [-0.2, -0.15) is 5.10 Å². The SMILES string of the molecule is CC(=O)N1CCC(NC2CCOC2)=C(C(=N)c2c[nH]c3cc(-c4cnn(C)c4)ccc23)C1. The Kier molecular flexibility index (Phi) is 5.30. The van der Waals surface area contributed by atoms with Crippen molar-refractivity contribution in [3.8, 4) is 11.1 Å². The van der Waals surface area contributed by atoms with E-state index in [1.54, 1.807) is 11.6 Å². The second-order valence-electron chi connectivity index (χ2n) is 8.59. The van der Waals surface area contributed by atoms with Crippen molar-refractivity contribution in [1.82, 2.24) is 25.0 Å². The van der Waals surface area contributed by atoms with Crippen LogP contribution in [-0.2, 0) is 16.6 Å². The number of aryl methyl sites for hydroxylation is 1. The number of carbonyl (C=O) groups excluding carboxylic acids is 1. The fourth-order valence-corrected chi connectivity index (χ4v) is 4.56. The van der Waals surface area contributed by atoms with Gasteiger partial charge in [0.1, 0.15) is 0 Å². The molecule has 4 heterocycles. The maximum Gasteiger partial charge on any atom is 0.219 e. The highest BCUT2D eigenvalue weighted by atomic mass is 16.5. The highest BCUT2D eigenvalue weighted by molar-refractivity contribution is 6.18. The summed E-state index contributed by atoms with van der Waals surface area (Å²) >= 11 is 0. The summed E-state index contributed by atoms with van der Waals surface area (Å²) in [6.07, 6.45) is 7.42. The van der Waals surface area contributed by atoms with Gasteiger partial charge in [-0.05, 0) is 18.1 Å². The third kappa shape index (κ3) is 3.82. The lowest BCUT2D eigenvalue weighted by atomic mass is 9.94. The standard InChI is InChI=1S/C24H28N6O2/c1-15(31)30-7-5-22(28-18-6-8-32-14-18)21(13-30)24(25)20-11-26-23-9-16(3-4-19(20)23)17-10-27-29(2)12-17/h3-4,9-12,18,25-26,28H,5-8,13-14H2,1-2H3. The van der Waals surface area contributed by atoms with Gasteiger partial charge in [0.2, 0.25) is 5.91 Å². The van der Waals surface area contributed by atoms with Gasteiger partial charge in [-0.25, -0.2) is 0 Å². The van der Waals surface area contributed by atoms with Crippen LogP contribution in [0, 0.1) is 5.41 Å². The van der Waals surface area contributed by atoms with Gasteiger partial charge in [-0.15, -0.1) is 0 Å². The number of fused-ring (bicyclic) bond motifs is 1. The van der Waals surface area contributed by atoms with E-state index in [0.717, 1.165) is 58.3 Å². The van der Waals surface area contributed by atoms with Crippen LogP contribution >= 0.6 is 0 Å². The van der Waals surface area contributed by atoms with E-state index in [2.05, 4.69) is 33.6 Å². The summed E-state index contributed by atoms with van der Waals surface area (Å²) in [5, 5.41) is 17.9. The average molecular weight is 433 g/mol. The van der Waals surface area contributed by atoms with Crippen molar-refractivity contribution in [2.75, 3.05) is 26.3 Å². The van der Waals surface area contributed by atoms with Gasteiger partial charge in [0.15, 0.2) is 0 Å². The maximum atomic E-state index is 12.1. The smallest absolute Gasteiger partial charge is 0.219 e. The largest absolute Gasteiger partial charge is 0.383 e. The molecule has 1 fully saturated rings. The molecule has 166 valence electrons. The average Bonchev–Trinajstić information content (AvgIpc) is 3.54. The molecule has 2 aromatic heterocycles. The molecule has 0 aliphatic carbocycles. The highest BCUT2D eigenvalue weighted by Crippen LogP contribution is 2.29. The first-order valence-electron chi connectivity index (χ1n) is 11.0. The molecule has 3 aromatic rings. The number of rotatable bonds is 5.